The molecule has 0 saturated carbocycles. The number of aliphatic hydroxyl groups excluding tert-OH is 1. The fraction of sp³-hybridized carbons (Fsp3) is 0.636. The highest BCUT2D eigenvalue weighted by Crippen LogP contribution is 2.28. The molecule has 0 aromatic carbocycles. The molecule has 0 unspecified atom stereocenters. The van der Waals surface area contributed by atoms with Crippen LogP contribution >= 0.6 is 0 Å². The zero-order valence-electron chi connectivity index (χ0n) is 10.9. The van der Waals surface area contributed by atoms with Gasteiger partial charge in [0.05, 0.1) is 4.92 Å². The van der Waals surface area contributed by atoms with Crippen LogP contribution < -0.4 is 10.6 Å². The summed E-state index contributed by atoms with van der Waals surface area (Å²) in [6.07, 6.45) is 4.86. The van der Waals surface area contributed by atoms with Crippen LogP contribution in [0.1, 0.15) is 25.7 Å². The third-order valence-corrected chi connectivity index (χ3v) is 2.62. The highest BCUT2D eigenvalue weighted by atomic mass is 16.6. The standard InChI is InChI=1S/C11H19N5O3/c1-12-10-9(16(18)19)11(15-8-14-10)13-6-4-2-3-5-7-17/h8,17H,2-7H2,1H3,(H2,12,13,14,15). The van der Waals surface area contributed by atoms with Crippen molar-refractivity contribution in [1.29, 1.82) is 0 Å². The summed E-state index contributed by atoms with van der Waals surface area (Å²) in [5.41, 5.74) is -0.139. The van der Waals surface area contributed by atoms with Crippen molar-refractivity contribution in [3.63, 3.8) is 0 Å². The fourth-order valence-corrected chi connectivity index (χ4v) is 1.66. The number of aliphatic hydroxyl groups is 1. The second kappa shape index (κ2) is 8.20. The maximum Gasteiger partial charge on any atom is 0.353 e. The number of unbranched alkanes of at least 4 members (excludes halogenated alkanes) is 3. The van der Waals surface area contributed by atoms with Crippen LogP contribution in [-0.4, -0.2) is 40.2 Å². The van der Waals surface area contributed by atoms with E-state index in [1.54, 1.807) is 7.05 Å². The van der Waals surface area contributed by atoms with Crippen molar-refractivity contribution < 1.29 is 10.0 Å². The van der Waals surface area contributed by atoms with Gasteiger partial charge >= 0.3 is 5.69 Å². The van der Waals surface area contributed by atoms with E-state index in [0.717, 1.165) is 25.7 Å². The van der Waals surface area contributed by atoms with Crippen LogP contribution in [0.2, 0.25) is 0 Å². The monoisotopic (exact) mass is 269 g/mol. The van der Waals surface area contributed by atoms with Gasteiger partial charge in [-0.2, -0.15) is 0 Å². The van der Waals surface area contributed by atoms with E-state index in [-0.39, 0.29) is 23.9 Å². The number of nitrogens with one attached hydrogen (secondary N) is 2. The highest BCUT2D eigenvalue weighted by molar-refractivity contribution is 5.68. The molecule has 0 amide bonds. The summed E-state index contributed by atoms with van der Waals surface area (Å²) in [4.78, 5) is 18.2. The molecule has 1 rings (SSSR count). The number of hydrogen-bond acceptors (Lipinski definition) is 7. The minimum atomic E-state index is -0.500. The second-order valence-corrected chi connectivity index (χ2v) is 3.99. The van der Waals surface area contributed by atoms with Crippen molar-refractivity contribution in [1.82, 2.24) is 9.97 Å². The smallest absolute Gasteiger partial charge is 0.353 e. The van der Waals surface area contributed by atoms with Gasteiger partial charge in [-0.1, -0.05) is 12.8 Å². The lowest BCUT2D eigenvalue weighted by Crippen LogP contribution is -2.09. The normalized spacial score (nSPS) is 10.2. The zero-order chi connectivity index (χ0) is 14.1. The highest BCUT2D eigenvalue weighted by Gasteiger charge is 2.21. The minimum absolute atomic E-state index is 0.139. The van der Waals surface area contributed by atoms with Gasteiger partial charge in [-0.15, -0.1) is 0 Å². The first-order valence-corrected chi connectivity index (χ1v) is 6.22. The topological polar surface area (TPSA) is 113 Å². The Morgan fingerprint density at radius 2 is 1.95 bits per heavy atom. The molecular weight excluding hydrogens is 250 g/mol. The van der Waals surface area contributed by atoms with Crippen LogP contribution in [0.3, 0.4) is 0 Å². The average molecular weight is 269 g/mol. The van der Waals surface area contributed by atoms with E-state index in [2.05, 4.69) is 20.6 Å². The van der Waals surface area contributed by atoms with Crippen LogP contribution in [0.4, 0.5) is 17.3 Å². The van der Waals surface area contributed by atoms with Gasteiger partial charge in [0.25, 0.3) is 0 Å². The first-order chi connectivity index (χ1) is 9.20. The largest absolute Gasteiger partial charge is 0.396 e. The van der Waals surface area contributed by atoms with Crippen LogP contribution in [0.25, 0.3) is 0 Å². The van der Waals surface area contributed by atoms with Crippen molar-refractivity contribution in [2.75, 3.05) is 30.8 Å². The lowest BCUT2D eigenvalue weighted by molar-refractivity contribution is -0.383. The summed E-state index contributed by atoms with van der Waals surface area (Å²) >= 11 is 0. The van der Waals surface area contributed by atoms with Gasteiger partial charge in [-0.05, 0) is 12.8 Å². The van der Waals surface area contributed by atoms with Crippen LogP contribution in [-0.2, 0) is 0 Å². The van der Waals surface area contributed by atoms with E-state index in [1.807, 2.05) is 0 Å². The summed E-state index contributed by atoms with van der Waals surface area (Å²) < 4.78 is 0. The number of anilines is 2. The Balaban J connectivity index is 2.55. The Labute approximate surface area is 111 Å². The summed E-state index contributed by atoms with van der Waals surface area (Å²) in [7, 11) is 1.58. The molecule has 0 aliphatic carbocycles. The predicted octanol–water partition coefficient (Wildman–Crippen LogP) is 1.39. The van der Waals surface area contributed by atoms with Crippen molar-refractivity contribution in [2.45, 2.75) is 25.7 Å². The van der Waals surface area contributed by atoms with E-state index in [4.69, 9.17) is 5.11 Å². The molecule has 0 atom stereocenters. The maximum atomic E-state index is 11.0. The Morgan fingerprint density at radius 1 is 1.26 bits per heavy atom. The molecule has 1 aromatic rings. The lowest BCUT2D eigenvalue weighted by atomic mass is 10.2. The molecule has 19 heavy (non-hydrogen) atoms. The van der Waals surface area contributed by atoms with Crippen LogP contribution in [0, 0.1) is 10.1 Å². The lowest BCUT2D eigenvalue weighted by Gasteiger charge is -2.07. The minimum Gasteiger partial charge on any atom is -0.396 e. The number of aromatic nitrogens is 2. The third-order valence-electron chi connectivity index (χ3n) is 2.62. The average Bonchev–Trinajstić information content (AvgIpc) is 2.42. The Morgan fingerprint density at radius 3 is 2.58 bits per heavy atom. The van der Waals surface area contributed by atoms with Crippen molar-refractivity contribution in [2.24, 2.45) is 0 Å². The van der Waals surface area contributed by atoms with Crippen molar-refractivity contribution in [3.8, 4) is 0 Å². The molecular formula is C11H19N5O3. The quantitative estimate of drug-likeness (QED) is 0.352. The predicted molar refractivity (Wildman–Crippen MR) is 72.3 cm³/mol. The molecule has 8 nitrogen and oxygen atoms in total. The molecule has 1 aromatic heterocycles. The first kappa shape index (κ1) is 15.1. The molecule has 0 saturated heterocycles. The Bertz CT molecular complexity index is 413. The molecule has 0 spiro atoms. The SMILES string of the molecule is CNc1ncnc(NCCCCCCO)c1[N+](=O)[O-]. The van der Waals surface area contributed by atoms with Crippen LogP contribution in [0.5, 0.6) is 0 Å². The number of rotatable bonds is 9. The molecule has 0 bridgehead atoms. The van der Waals surface area contributed by atoms with E-state index < -0.39 is 4.92 Å². The van der Waals surface area contributed by atoms with Gasteiger partial charge in [0, 0.05) is 20.2 Å². The number of nitrogens with zero attached hydrogens (tertiary/aromatic N) is 3. The van der Waals surface area contributed by atoms with E-state index in [9.17, 15) is 10.1 Å². The van der Waals surface area contributed by atoms with Gasteiger partial charge in [-0.3, -0.25) is 10.1 Å². The summed E-state index contributed by atoms with van der Waals surface area (Å²) in [5.74, 6) is 0.425. The second-order valence-electron chi connectivity index (χ2n) is 3.99. The summed E-state index contributed by atoms with van der Waals surface area (Å²) in [6, 6.07) is 0. The molecule has 106 valence electrons. The molecule has 3 N–H and O–H groups in total. The Hall–Kier alpha value is -1.96. The molecule has 0 fully saturated rings. The van der Waals surface area contributed by atoms with Crippen LogP contribution in [0.15, 0.2) is 6.33 Å². The van der Waals surface area contributed by atoms with E-state index >= 15 is 0 Å². The number of nitro groups is 1. The zero-order valence-corrected chi connectivity index (χ0v) is 10.9. The third kappa shape index (κ3) is 4.66. The molecule has 0 radical (unpaired) electrons. The number of hydrogen-bond donors (Lipinski definition) is 3. The summed E-state index contributed by atoms with van der Waals surface area (Å²) in [5, 5.41) is 25.3. The molecule has 8 heteroatoms. The van der Waals surface area contributed by atoms with Gasteiger partial charge in [0.1, 0.15) is 6.33 Å². The summed E-state index contributed by atoms with van der Waals surface area (Å²) in [6.45, 7) is 0.808. The van der Waals surface area contributed by atoms with Crippen molar-refractivity contribution >= 4 is 17.3 Å². The molecule has 1 heterocycles. The first-order valence-electron chi connectivity index (χ1n) is 6.22. The Kier molecular flexibility index (Phi) is 6.51. The van der Waals surface area contributed by atoms with Crippen molar-refractivity contribution in [3.05, 3.63) is 16.4 Å². The van der Waals surface area contributed by atoms with Gasteiger partial charge in [0.2, 0.25) is 11.6 Å². The molecule has 0 aliphatic heterocycles. The fourth-order valence-electron chi connectivity index (χ4n) is 1.66. The van der Waals surface area contributed by atoms with Gasteiger partial charge in [-0.25, -0.2) is 9.97 Å². The van der Waals surface area contributed by atoms with Gasteiger partial charge < -0.3 is 15.7 Å². The molecule has 0 aliphatic rings. The van der Waals surface area contributed by atoms with E-state index in [0.29, 0.717) is 6.54 Å². The maximum absolute atomic E-state index is 11.0. The van der Waals surface area contributed by atoms with E-state index in [1.165, 1.54) is 6.33 Å². The van der Waals surface area contributed by atoms with Gasteiger partial charge in [0.15, 0.2) is 0 Å².